The van der Waals surface area contributed by atoms with E-state index in [0.29, 0.717) is 5.82 Å². The Morgan fingerprint density at radius 2 is 0.333 bits per heavy atom. The van der Waals surface area contributed by atoms with Gasteiger partial charge >= 0.3 is 0 Å². The molecule has 12 aromatic rings. The van der Waals surface area contributed by atoms with Gasteiger partial charge in [0.1, 0.15) is 0 Å². The fraction of sp³-hybridized carbons (Fsp3) is 0. The van der Waals surface area contributed by atoms with Gasteiger partial charge in [-0.3, -0.25) is 0 Å². The van der Waals surface area contributed by atoms with Crippen LogP contribution in [0.5, 0.6) is 0 Å². The Morgan fingerprint density at radius 3 is 0.625 bits per heavy atom. The molecule has 12 rings (SSSR count). The SMILES string of the molecule is c1ccc(-c2cccc(-c3cccc(-c4ccc(-c5cccc(-c6cccc(-c7nc(-c8cccc(-c9ccccc9)c8)cc(-c8cccc(-c9cccc(-c%10ccccc%10)c9)c8)n7)c6)c5)cc4)c3)c2)cc1. The van der Waals surface area contributed by atoms with Crippen molar-refractivity contribution in [3.05, 3.63) is 291 Å². The summed E-state index contributed by atoms with van der Waals surface area (Å²) in [5, 5.41) is 0. The van der Waals surface area contributed by atoms with Gasteiger partial charge in [0.05, 0.1) is 11.4 Å². The Morgan fingerprint density at radius 1 is 0.139 bits per heavy atom. The summed E-state index contributed by atoms with van der Waals surface area (Å²) in [6.45, 7) is 0. The summed E-state index contributed by atoms with van der Waals surface area (Å²) in [6, 6.07) is 104. The third kappa shape index (κ3) is 9.46. The average Bonchev–Trinajstić information content (AvgIpc) is 3.48. The largest absolute Gasteiger partial charge is 0.228 e. The first-order valence-corrected chi connectivity index (χ1v) is 24.5. The van der Waals surface area contributed by atoms with Crippen LogP contribution in [0.25, 0.3) is 123 Å². The minimum absolute atomic E-state index is 0.672. The molecule has 0 spiro atoms. The first-order chi connectivity index (χ1) is 35.6. The highest BCUT2D eigenvalue weighted by Crippen LogP contribution is 2.36. The van der Waals surface area contributed by atoms with Crippen LogP contribution in [0.3, 0.4) is 0 Å². The van der Waals surface area contributed by atoms with E-state index in [-0.39, 0.29) is 0 Å². The standard InChI is InChI=1S/C70H48N2/c1-4-17-49(18-5-1)54-23-10-28-59(41-54)60-29-12-25-56(43-60)52-37-39-53(40-38-52)57-26-13-31-62(44-57)64-33-16-36-67(47-64)70-71-68(65-34-14-27-58(45-65)51-21-8-3-9-22-51)48-69(72-70)66-35-15-32-63(46-66)61-30-11-24-55(42-61)50-19-6-2-7-20-50/h1-48H. The molecule has 0 radical (unpaired) electrons. The second-order valence-electron chi connectivity index (χ2n) is 18.2. The van der Waals surface area contributed by atoms with Crippen LogP contribution in [0.2, 0.25) is 0 Å². The molecule has 0 N–H and O–H groups in total. The minimum Gasteiger partial charge on any atom is -0.228 e. The van der Waals surface area contributed by atoms with E-state index in [2.05, 4.69) is 291 Å². The van der Waals surface area contributed by atoms with E-state index in [1.165, 1.54) is 44.5 Å². The fourth-order valence-corrected chi connectivity index (χ4v) is 9.69. The molecule has 338 valence electrons. The lowest BCUT2D eigenvalue weighted by atomic mass is 9.94. The number of benzene rings is 11. The predicted octanol–water partition coefficient (Wildman–Crippen LogP) is 18.8. The van der Waals surface area contributed by atoms with Crippen molar-refractivity contribution in [1.29, 1.82) is 0 Å². The van der Waals surface area contributed by atoms with Crippen LogP contribution in [-0.4, -0.2) is 9.97 Å². The first kappa shape index (κ1) is 43.8. The van der Waals surface area contributed by atoms with Crippen molar-refractivity contribution < 1.29 is 0 Å². The molecule has 0 aliphatic rings. The molecule has 0 aliphatic heterocycles. The van der Waals surface area contributed by atoms with Crippen molar-refractivity contribution in [2.24, 2.45) is 0 Å². The summed E-state index contributed by atoms with van der Waals surface area (Å²) in [7, 11) is 0. The van der Waals surface area contributed by atoms with Crippen LogP contribution in [0, 0.1) is 0 Å². The quantitative estimate of drug-likeness (QED) is 0.129. The summed E-state index contributed by atoms with van der Waals surface area (Å²) >= 11 is 0. The van der Waals surface area contributed by atoms with Gasteiger partial charge in [0.15, 0.2) is 5.82 Å². The summed E-state index contributed by atoms with van der Waals surface area (Å²) in [5.41, 5.74) is 23.5. The van der Waals surface area contributed by atoms with E-state index in [4.69, 9.17) is 9.97 Å². The number of hydrogen-bond donors (Lipinski definition) is 0. The Balaban J connectivity index is 0.863. The van der Waals surface area contributed by atoms with Gasteiger partial charge in [0.25, 0.3) is 0 Å². The number of rotatable bonds is 11. The van der Waals surface area contributed by atoms with Crippen LogP contribution < -0.4 is 0 Å². The third-order valence-electron chi connectivity index (χ3n) is 13.5. The summed E-state index contributed by atoms with van der Waals surface area (Å²) < 4.78 is 0. The van der Waals surface area contributed by atoms with Gasteiger partial charge in [-0.05, 0) is 138 Å². The fourth-order valence-electron chi connectivity index (χ4n) is 9.69. The number of nitrogens with zero attached hydrogens (tertiary/aromatic N) is 2. The summed E-state index contributed by atoms with van der Waals surface area (Å²) in [6.07, 6.45) is 0. The molecule has 0 aliphatic carbocycles. The van der Waals surface area contributed by atoms with Crippen LogP contribution in [0.1, 0.15) is 0 Å². The molecule has 0 unspecified atom stereocenters. The highest BCUT2D eigenvalue weighted by atomic mass is 14.9. The van der Waals surface area contributed by atoms with Crippen molar-refractivity contribution in [3.8, 4) is 123 Å². The lowest BCUT2D eigenvalue weighted by Crippen LogP contribution is -1.96. The van der Waals surface area contributed by atoms with Crippen LogP contribution >= 0.6 is 0 Å². The van der Waals surface area contributed by atoms with Gasteiger partial charge < -0.3 is 0 Å². The molecule has 1 heterocycles. The van der Waals surface area contributed by atoms with Gasteiger partial charge in [0, 0.05) is 16.7 Å². The van der Waals surface area contributed by atoms with Crippen molar-refractivity contribution in [2.75, 3.05) is 0 Å². The minimum atomic E-state index is 0.672. The van der Waals surface area contributed by atoms with E-state index in [1.54, 1.807) is 0 Å². The zero-order valence-electron chi connectivity index (χ0n) is 39.6. The molecule has 2 nitrogen and oxygen atoms in total. The first-order valence-electron chi connectivity index (χ1n) is 24.5. The third-order valence-corrected chi connectivity index (χ3v) is 13.5. The maximum atomic E-state index is 5.34. The second kappa shape index (κ2) is 19.8. The van der Waals surface area contributed by atoms with Gasteiger partial charge in [-0.1, -0.05) is 243 Å². The molecular formula is C70H48N2. The molecule has 0 amide bonds. The highest BCUT2D eigenvalue weighted by molar-refractivity contribution is 5.83. The number of hydrogen-bond acceptors (Lipinski definition) is 2. The van der Waals surface area contributed by atoms with E-state index in [1.807, 2.05) is 0 Å². The number of aromatic nitrogens is 2. The Kier molecular flexibility index (Phi) is 12.1. The van der Waals surface area contributed by atoms with E-state index in [9.17, 15) is 0 Å². The van der Waals surface area contributed by atoms with Crippen LogP contribution in [0.4, 0.5) is 0 Å². The maximum Gasteiger partial charge on any atom is 0.160 e. The molecule has 72 heavy (non-hydrogen) atoms. The Bertz CT molecular complexity index is 3840. The van der Waals surface area contributed by atoms with E-state index >= 15 is 0 Å². The zero-order valence-corrected chi connectivity index (χ0v) is 39.6. The van der Waals surface area contributed by atoms with Crippen LogP contribution in [-0.2, 0) is 0 Å². The lowest BCUT2D eigenvalue weighted by Gasteiger charge is -2.13. The molecular weight excluding hydrogens is 869 g/mol. The molecule has 11 aromatic carbocycles. The topological polar surface area (TPSA) is 25.8 Å². The van der Waals surface area contributed by atoms with E-state index in [0.717, 1.165) is 72.6 Å². The Labute approximate surface area is 421 Å². The molecule has 1 aromatic heterocycles. The van der Waals surface area contributed by atoms with Gasteiger partial charge in [-0.15, -0.1) is 0 Å². The summed E-state index contributed by atoms with van der Waals surface area (Å²) in [5.74, 6) is 0.672. The van der Waals surface area contributed by atoms with Crippen molar-refractivity contribution in [2.45, 2.75) is 0 Å². The zero-order chi connectivity index (χ0) is 48.1. The van der Waals surface area contributed by atoms with Crippen molar-refractivity contribution in [3.63, 3.8) is 0 Å². The average molecular weight is 917 g/mol. The maximum absolute atomic E-state index is 5.34. The normalized spacial score (nSPS) is 11.1. The molecule has 0 atom stereocenters. The molecule has 2 heteroatoms. The lowest BCUT2D eigenvalue weighted by molar-refractivity contribution is 1.18. The van der Waals surface area contributed by atoms with Crippen molar-refractivity contribution in [1.82, 2.24) is 9.97 Å². The Hall–Kier alpha value is -9.50. The van der Waals surface area contributed by atoms with Gasteiger partial charge in [-0.2, -0.15) is 0 Å². The predicted molar refractivity (Wildman–Crippen MR) is 302 cm³/mol. The molecule has 0 fully saturated rings. The highest BCUT2D eigenvalue weighted by Gasteiger charge is 2.15. The van der Waals surface area contributed by atoms with Gasteiger partial charge in [-0.25, -0.2) is 9.97 Å². The molecule has 0 bridgehead atoms. The van der Waals surface area contributed by atoms with Crippen LogP contribution in [0.15, 0.2) is 291 Å². The van der Waals surface area contributed by atoms with E-state index < -0.39 is 0 Å². The van der Waals surface area contributed by atoms with Gasteiger partial charge in [0.2, 0.25) is 0 Å². The second-order valence-corrected chi connectivity index (χ2v) is 18.2. The van der Waals surface area contributed by atoms with Crippen molar-refractivity contribution >= 4 is 0 Å². The monoisotopic (exact) mass is 916 g/mol. The summed E-state index contributed by atoms with van der Waals surface area (Å²) in [4.78, 5) is 10.7. The smallest absolute Gasteiger partial charge is 0.160 e. The molecule has 0 saturated carbocycles. The molecule has 0 saturated heterocycles.